The van der Waals surface area contributed by atoms with Crippen molar-refractivity contribution in [1.82, 2.24) is 9.55 Å². The maximum absolute atomic E-state index is 12.0. The molecule has 0 saturated carbocycles. The van der Waals surface area contributed by atoms with Gasteiger partial charge >= 0.3 is 0 Å². The van der Waals surface area contributed by atoms with E-state index in [1.807, 2.05) is 6.07 Å². The minimum atomic E-state index is -0.140. The van der Waals surface area contributed by atoms with Crippen LogP contribution in [0.3, 0.4) is 0 Å². The molecule has 0 bridgehead atoms. The molecule has 2 aromatic rings. The van der Waals surface area contributed by atoms with E-state index >= 15 is 0 Å². The highest BCUT2D eigenvalue weighted by Gasteiger charge is 2.09. The van der Waals surface area contributed by atoms with E-state index in [-0.39, 0.29) is 5.56 Å². The Morgan fingerprint density at radius 3 is 2.83 bits per heavy atom. The first-order chi connectivity index (χ1) is 8.50. The van der Waals surface area contributed by atoms with E-state index in [9.17, 15) is 4.79 Å². The van der Waals surface area contributed by atoms with E-state index in [2.05, 4.69) is 20.9 Å². The van der Waals surface area contributed by atoms with Gasteiger partial charge in [0.25, 0.3) is 5.56 Å². The molecular weight excluding hydrogens is 339 g/mol. The molecule has 0 saturated heterocycles. The number of benzene rings is 1. The number of halogens is 3. The third kappa shape index (κ3) is 2.60. The van der Waals surface area contributed by atoms with Crippen LogP contribution in [0.15, 0.2) is 33.7 Å². The van der Waals surface area contributed by atoms with Gasteiger partial charge in [-0.1, -0.05) is 35.3 Å². The van der Waals surface area contributed by atoms with Crippen molar-refractivity contribution >= 4 is 39.1 Å². The second kappa shape index (κ2) is 5.43. The van der Waals surface area contributed by atoms with Crippen LogP contribution in [0, 0.1) is 6.92 Å². The molecule has 1 aromatic heterocycles. The molecule has 6 heteroatoms. The van der Waals surface area contributed by atoms with Crippen molar-refractivity contribution in [3.8, 4) is 0 Å². The lowest BCUT2D eigenvalue weighted by Crippen LogP contribution is -2.24. The summed E-state index contributed by atoms with van der Waals surface area (Å²) >= 11 is 15.2. The molecule has 0 amide bonds. The topological polar surface area (TPSA) is 34.9 Å². The van der Waals surface area contributed by atoms with Gasteiger partial charge in [0, 0.05) is 6.20 Å². The fraction of sp³-hybridized carbons (Fsp3) is 0.167. The molecule has 0 fully saturated rings. The van der Waals surface area contributed by atoms with Crippen molar-refractivity contribution in [3.05, 3.63) is 60.7 Å². The van der Waals surface area contributed by atoms with Gasteiger partial charge in [-0.2, -0.15) is 0 Å². The van der Waals surface area contributed by atoms with Crippen LogP contribution >= 0.6 is 39.1 Å². The van der Waals surface area contributed by atoms with Crippen LogP contribution < -0.4 is 5.56 Å². The Hall–Kier alpha value is -0.840. The molecule has 0 aliphatic rings. The summed E-state index contributed by atoms with van der Waals surface area (Å²) in [5.41, 5.74) is 0.646. The molecular formula is C12H9BrCl2N2O. The lowest BCUT2D eigenvalue weighted by atomic mass is 10.2. The molecule has 0 radical (unpaired) electrons. The summed E-state index contributed by atoms with van der Waals surface area (Å²) in [6, 6.07) is 5.35. The summed E-state index contributed by atoms with van der Waals surface area (Å²) in [6.07, 6.45) is 1.49. The first-order valence-corrected chi connectivity index (χ1v) is 6.70. The first-order valence-electron chi connectivity index (χ1n) is 5.15. The van der Waals surface area contributed by atoms with Crippen molar-refractivity contribution < 1.29 is 0 Å². The van der Waals surface area contributed by atoms with E-state index in [4.69, 9.17) is 23.2 Å². The zero-order chi connectivity index (χ0) is 13.3. The molecule has 0 aliphatic heterocycles. The maximum atomic E-state index is 12.0. The van der Waals surface area contributed by atoms with Crippen LogP contribution in [-0.4, -0.2) is 9.55 Å². The van der Waals surface area contributed by atoms with Crippen molar-refractivity contribution in [2.24, 2.45) is 0 Å². The average Bonchev–Trinajstić information content (AvgIpc) is 2.35. The summed E-state index contributed by atoms with van der Waals surface area (Å²) < 4.78 is 1.97. The molecule has 0 atom stereocenters. The average molecular weight is 348 g/mol. The van der Waals surface area contributed by atoms with Gasteiger partial charge in [-0.15, -0.1) is 0 Å². The molecule has 0 unspecified atom stereocenters. The molecule has 2 rings (SSSR count). The zero-order valence-electron chi connectivity index (χ0n) is 9.45. The van der Waals surface area contributed by atoms with Crippen LogP contribution in [-0.2, 0) is 6.54 Å². The van der Waals surface area contributed by atoms with Gasteiger partial charge in [-0.3, -0.25) is 9.36 Å². The summed E-state index contributed by atoms with van der Waals surface area (Å²) in [5.74, 6) is 0.624. The number of hydrogen-bond acceptors (Lipinski definition) is 2. The predicted octanol–water partition coefficient (Wildman–Crippen LogP) is 3.67. The van der Waals surface area contributed by atoms with Gasteiger partial charge in [-0.05, 0) is 34.5 Å². The zero-order valence-corrected chi connectivity index (χ0v) is 12.6. The Morgan fingerprint density at radius 2 is 2.11 bits per heavy atom. The van der Waals surface area contributed by atoms with Gasteiger partial charge in [0.1, 0.15) is 10.3 Å². The molecule has 0 spiro atoms. The van der Waals surface area contributed by atoms with E-state index in [1.54, 1.807) is 23.6 Å². The maximum Gasteiger partial charge on any atom is 0.268 e. The lowest BCUT2D eigenvalue weighted by Gasteiger charge is -2.11. The van der Waals surface area contributed by atoms with E-state index in [0.717, 1.165) is 5.56 Å². The van der Waals surface area contributed by atoms with Crippen LogP contribution in [0.1, 0.15) is 11.4 Å². The van der Waals surface area contributed by atoms with E-state index in [0.29, 0.717) is 26.9 Å². The molecule has 0 aliphatic carbocycles. The molecule has 3 nitrogen and oxygen atoms in total. The van der Waals surface area contributed by atoms with Gasteiger partial charge in [0.15, 0.2) is 0 Å². The quantitative estimate of drug-likeness (QED) is 0.830. The van der Waals surface area contributed by atoms with Crippen LogP contribution in [0.5, 0.6) is 0 Å². The Bertz CT molecular complexity index is 655. The number of nitrogens with zero attached hydrogens (tertiary/aromatic N) is 2. The highest BCUT2D eigenvalue weighted by Crippen LogP contribution is 2.26. The number of aryl methyl sites for hydroxylation is 1. The molecule has 0 N–H and O–H groups in total. The van der Waals surface area contributed by atoms with E-state index in [1.165, 1.54) is 6.20 Å². The summed E-state index contributed by atoms with van der Waals surface area (Å²) in [5, 5.41) is 0.938. The summed E-state index contributed by atoms with van der Waals surface area (Å²) in [4.78, 5) is 16.1. The Labute approximate surface area is 123 Å². The largest absolute Gasteiger partial charge is 0.291 e. The first kappa shape index (κ1) is 13.6. The molecule has 94 valence electrons. The third-order valence-corrected chi connectivity index (χ3v) is 3.97. The van der Waals surface area contributed by atoms with Gasteiger partial charge in [0.05, 0.1) is 16.6 Å². The molecule has 18 heavy (non-hydrogen) atoms. The lowest BCUT2D eigenvalue weighted by molar-refractivity contribution is 0.695. The third-order valence-electron chi connectivity index (χ3n) is 2.56. The van der Waals surface area contributed by atoms with Gasteiger partial charge in [0.2, 0.25) is 0 Å². The number of hydrogen-bond donors (Lipinski definition) is 0. The minimum Gasteiger partial charge on any atom is -0.291 e. The van der Waals surface area contributed by atoms with Crippen LogP contribution in [0.2, 0.25) is 10.0 Å². The molecule has 1 heterocycles. The monoisotopic (exact) mass is 346 g/mol. The number of rotatable bonds is 2. The summed E-state index contributed by atoms with van der Waals surface area (Å²) in [6.45, 7) is 2.11. The fourth-order valence-electron chi connectivity index (χ4n) is 1.58. The van der Waals surface area contributed by atoms with Crippen molar-refractivity contribution in [3.63, 3.8) is 0 Å². The highest BCUT2D eigenvalue weighted by atomic mass is 79.9. The normalized spacial score (nSPS) is 10.7. The Balaban J connectivity index is 2.50. The Morgan fingerprint density at radius 1 is 1.39 bits per heavy atom. The van der Waals surface area contributed by atoms with Gasteiger partial charge in [-0.25, -0.2) is 4.98 Å². The fourth-order valence-corrected chi connectivity index (χ4v) is 2.27. The van der Waals surface area contributed by atoms with Crippen molar-refractivity contribution in [1.29, 1.82) is 0 Å². The predicted molar refractivity (Wildman–Crippen MR) is 76.5 cm³/mol. The molecule has 1 aromatic carbocycles. The number of aromatic nitrogens is 2. The Kier molecular flexibility index (Phi) is 4.10. The van der Waals surface area contributed by atoms with Crippen molar-refractivity contribution in [2.75, 3.05) is 0 Å². The minimum absolute atomic E-state index is 0.140. The summed E-state index contributed by atoms with van der Waals surface area (Å²) in [7, 11) is 0. The van der Waals surface area contributed by atoms with Crippen molar-refractivity contribution in [2.45, 2.75) is 13.5 Å². The standard InChI is InChI=1S/C12H9BrCl2N2O/c1-7-16-5-9(13)12(18)17(7)6-8-3-2-4-10(14)11(8)15/h2-5H,6H2,1H3. The van der Waals surface area contributed by atoms with Gasteiger partial charge < -0.3 is 0 Å². The SMILES string of the molecule is Cc1ncc(Br)c(=O)n1Cc1cccc(Cl)c1Cl. The van der Waals surface area contributed by atoms with E-state index < -0.39 is 0 Å². The smallest absolute Gasteiger partial charge is 0.268 e. The van der Waals surface area contributed by atoms with Crippen LogP contribution in [0.25, 0.3) is 0 Å². The second-order valence-corrected chi connectivity index (χ2v) is 5.40. The van der Waals surface area contributed by atoms with Crippen LogP contribution in [0.4, 0.5) is 0 Å². The second-order valence-electron chi connectivity index (χ2n) is 3.76. The highest BCUT2D eigenvalue weighted by molar-refractivity contribution is 9.10.